The van der Waals surface area contributed by atoms with Crippen molar-refractivity contribution in [3.63, 3.8) is 0 Å². The summed E-state index contributed by atoms with van der Waals surface area (Å²) in [7, 11) is -3.68. The van der Waals surface area contributed by atoms with Gasteiger partial charge in [-0.25, -0.2) is 13.1 Å². The summed E-state index contributed by atoms with van der Waals surface area (Å²) in [6.45, 7) is 1.36. The Labute approximate surface area is 156 Å². The molecule has 0 spiro atoms. The molecule has 0 aliphatic rings. The molecular weight excluding hydrogens is 380 g/mol. The second-order valence-electron chi connectivity index (χ2n) is 5.23. The molecule has 9 heteroatoms. The van der Waals surface area contributed by atoms with Crippen LogP contribution in [-0.2, 0) is 14.8 Å². The Kier molecular flexibility index (Phi) is 6.73. The molecule has 0 aliphatic heterocycles. The van der Waals surface area contributed by atoms with Gasteiger partial charge < -0.3 is 10.1 Å². The standard InChI is InChI=1S/C17H17ClN2O5S/c1-12(21)25-15-4-2-3-13(11-15)17(22)19-9-10-20-26(23,24)16-7-5-14(18)6-8-16/h2-8,11,20H,9-10H2,1H3,(H,19,22). The lowest BCUT2D eigenvalue weighted by atomic mass is 10.2. The molecule has 0 fully saturated rings. The number of sulfonamides is 1. The fourth-order valence-electron chi connectivity index (χ4n) is 2.03. The number of rotatable bonds is 7. The van der Waals surface area contributed by atoms with Crippen molar-refractivity contribution < 1.29 is 22.7 Å². The summed E-state index contributed by atoms with van der Waals surface area (Å²) in [5.74, 6) is -0.641. The van der Waals surface area contributed by atoms with E-state index < -0.39 is 21.9 Å². The SMILES string of the molecule is CC(=O)Oc1cccc(C(=O)NCCNS(=O)(=O)c2ccc(Cl)cc2)c1. The number of esters is 1. The minimum Gasteiger partial charge on any atom is -0.427 e. The van der Waals surface area contributed by atoms with Gasteiger partial charge in [0.05, 0.1) is 4.90 Å². The van der Waals surface area contributed by atoms with Gasteiger partial charge in [0.25, 0.3) is 5.91 Å². The van der Waals surface area contributed by atoms with Crippen molar-refractivity contribution in [3.05, 3.63) is 59.1 Å². The van der Waals surface area contributed by atoms with Crippen LogP contribution in [0.1, 0.15) is 17.3 Å². The van der Waals surface area contributed by atoms with Gasteiger partial charge in [0, 0.05) is 30.6 Å². The molecule has 0 saturated heterocycles. The third kappa shape index (κ3) is 5.83. The molecule has 7 nitrogen and oxygen atoms in total. The van der Waals surface area contributed by atoms with E-state index in [4.69, 9.17) is 16.3 Å². The van der Waals surface area contributed by atoms with E-state index >= 15 is 0 Å². The zero-order valence-corrected chi connectivity index (χ0v) is 15.4. The first-order chi connectivity index (χ1) is 12.3. The lowest BCUT2D eigenvalue weighted by Crippen LogP contribution is -2.34. The van der Waals surface area contributed by atoms with Gasteiger partial charge in [-0.05, 0) is 42.5 Å². The lowest BCUT2D eigenvalue weighted by molar-refractivity contribution is -0.131. The molecule has 0 radical (unpaired) electrons. The first kappa shape index (κ1) is 19.9. The van der Waals surface area contributed by atoms with Crippen LogP contribution in [0.2, 0.25) is 5.02 Å². The van der Waals surface area contributed by atoms with Crippen LogP contribution in [0.5, 0.6) is 5.75 Å². The van der Waals surface area contributed by atoms with Crippen molar-refractivity contribution in [1.29, 1.82) is 0 Å². The normalized spacial score (nSPS) is 11.0. The summed E-state index contributed by atoms with van der Waals surface area (Å²) >= 11 is 5.73. The van der Waals surface area contributed by atoms with Crippen LogP contribution in [0.25, 0.3) is 0 Å². The summed E-state index contributed by atoms with van der Waals surface area (Å²) < 4.78 is 31.5. The highest BCUT2D eigenvalue weighted by atomic mass is 35.5. The molecule has 2 aromatic carbocycles. The van der Waals surface area contributed by atoms with E-state index in [0.717, 1.165) is 0 Å². The summed E-state index contributed by atoms with van der Waals surface area (Å²) in [5, 5.41) is 3.02. The van der Waals surface area contributed by atoms with E-state index in [9.17, 15) is 18.0 Å². The number of ether oxygens (including phenoxy) is 1. The van der Waals surface area contributed by atoms with Crippen molar-refractivity contribution in [2.45, 2.75) is 11.8 Å². The minimum absolute atomic E-state index is 0.0142. The third-order valence-electron chi connectivity index (χ3n) is 3.18. The second-order valence-corrected chi connectivity index (χ2v) is 7.43. The van der Waals surface area contributed by atoms with Gasteiger partial charge in [0.2, 0.25) is 10.0 Å². The summed E-state index contributed by atoms with van der Waals surface area (Å²) in [6, 6.07) is 11.9. The number of nitrogens with one attached hydrogen (secondary N) is 2. The van der Waals surface area contributed by atoms with Crippen molar-refractivity contribution in [1.82, 2.24) is 10.0 Å². The lowest BCUT2D eigenvalue weighted by Gasteiger charge is -2.09. The average molecular weight is 397 g/mol. The van der Waals surface area contributed by atoms with Gasteiger partial charge in [0.15, 0.2) is 0 Å². The van der Waals surface area contributed by atoms with Gasteiger partial charge in [-0.2, -0.15) is 0 Å². The first-order valence-electron chi connectivity index (χ1n) is 7.60. The van der Waals surface area contributed by atoms with E-state index in [1.807, 2.05) is 0 Å². The van der Waals surface area contributed by atoms with Crippen LogP contribution in [0, 0.1) is 0 Å². The van der Waals surface area contributed by atoms with Crippen LogP contribution in [-0.4, -0.2) is 33.4 Å². The van der Waals surface area contributed by atoms with Crippen molar-refractivity contribution >= 4 is 33.5 Å². The van der Waals surface area contributed by atoms with E-state index in [1.165, 1.54) is 37.3 Å². The van der Waals surface area contributed by atoms with E-state index in [2.05, 4.69) is 10.0 Å². The molecule has 0 unspecified atom stereocenters. The maximum absolute atomic E-state index is 12.1. The van der Waals surface area contributed by atoms with Gasteiger partial charge in [-0.1, -0.05) is 17.7 Å². The highest BCUT2D eigenvalue weighted by molar-refractivity contribution is 7.89. The number of hydrogen-bond donors (Lipinski definition) is 2. The number of carbonyl (C=O) groups excluding carboxylic acids is 2. The molecule has 2 aromatic rings. The van der Waals surface area contributed by atoms with E-state index in [1.54, 1.807) is 18.2 Å². The van der Waals surface area contributed by atoms with Gasteiger partial charge in [-0.3, -0.25) is 9.59 Å². The Balaban J connectivity index is 1.86. The monoisotopic (exact) mass is 396 g/mol. The van der Waals surface area contributed by atoms with Crippen molar-refractivity contribution in [2.24, 2.45) is 0 Å². The quantitative estimate of drug-likeness (QED) is 0.423. The van der Waals surface area contributed by atoms with Crippen LogP contribution < -0.4 is 14.8 Å². The van der Waals surface area contributed by atoms with E-state index in [-0.39, 0.29) is 23.7 Å². The Morgan fingerprint density at radius 2 is 1.77 bits per heavy atom. The smallest absolute Gasteiger partial charge is 0.308 e. The van der Waals surface area contributed by atoms with Crippen molar-refractivity contribution in [3.8, 4) is 5.75 Å². The Morgan fingerprint density at radius 3 is 2.42 bits per heavy atom. The Bertz CT molecular complexity index is 898. The van der Waals surface area contributed by atoms with Gasteiger partial charge >= 0.3 is 5.97 Å². The fourth-order valence-corrected chi connectivity index (χ4v) is 3.19. The maximum Gasteiger partial charge on any atom is 0.308 e. The first-order valence-corrected chi connectivity index (χ1v) is 9.46. The molecule has 0 bridgehead atoms. The zero-order valence-electron chi connectivity index (χ0n) is 13.9. The van der Waals surface area contributed by atoms with Gasteiger partial charge in [0.1, 0.15) is 5.75 Å². The molecule has 2 N–H and O–H groups in total. The molecule has 26 heavy (non-hydrogen) atoms. The molecule has 0 saturated carbocycles. The highest BCUT2D eigenvalue weighted by Crippen LogP contribution is 2.14. The summed E-state index contributed by atoms with van der Waals surface area (Å²) in [5.41, 5.74) is 0.296. The van der Waals surface area contributed by atoms with Gasteiger partial charge in [-0.15, -0.1) is 0 Å². The molecule has 1 amide bonds. The van der Waals surface area contributed by atoms with Crippen LogP contribution in [0.4, 0.5) is 0 Å². The van der Waals surface area contributed by atoms with Crippen molar-refractivity contribution in [2.75, 3.05) is 13.1 Å². The molecule has 2 rings (SSSR count). The Morgan fingerprint density at radius 1 is 1.08 bits per heavy atom. The van der Waals surface area contributed by atoms with Crippen LogP contribution in [0.15, 0.2) is 53.4 Å². The average Bonchev–Trinajstić information content (AvgIpc) is 2.58. The number of benzene rings is 2. The summed E-state index contributed by atoms with van der Waals surface area (Å²) in [6.07, 6.45) is 0. The second kappa shape index (κ2) is 8.79. The predicted octanol–water partition coefficient (Wildman–Crippen LogP) is 1.97. The topological polar surface area (TPSA) is 102 Å². The maximum atomic E-state index is 12.1. The summed E-state index contributed by atoms with van der Waals surface area (Å²) in [4.78, 5) is 23.1. The third-order valence-corrected chi connectivity index (χ3v) is 4.91. The minimum atomic E-state index is -3.68. The van der Waals surface area contributed by atoms with Crippen LogP contribution >= 0.6 is 11.6 Å². The number of halogens is 1. The molecule has 138 valence electrons. The molecule has 0 aromatic heterocycles. The predicted molar refractivity (Wildman–Crippen MR) is 96.7 cm³/mol. The largest absolute Gasteiger partial charge is 0.427 e. The zero-order chi connectivity index (χ0) is 19.2. The number of carbonyl (C=O) groups is 2. The Hall–Kier alpha value is -2.42. The fraction of sp³-hybridized carbons (Fsp3) is 0.176. The highest BCUT2D eigenvalue weighted by Gasteiger charge is 2.13. The molecular formula is C17H17ClN2O5S. The molecule has 0 aliphatic carbocycles. The number of amides is 1. The number of hydrogen-bond acceptors (Lipinski definition) is 5. The molecule has 0 atom stereocenters. The van der Waals surface area contributed by atoms with Crippen LogP contribution in [0.3, 0.4) is 0 Å². The molecule has 0 heterocycles. The van der Waals surface area contributed by atoms with E-state index in [0.29, 0.717) is 10.6 Å².